The fourth-order valence-corrected chi connectivity index (χ4v) is 2.73. The van der Waals surface area contributed by atoms with E-state index in [1.165, 1.54) is 7.05 Å². The molecule has 0 radical (unpaired) electrons. The Labute approximate surface area is 137 Å². The highest BCUT2D eigenvalue weighted by Crippen LogP contribution is 2.24. The molecule has 1 unspecified atom stereocenters. The molecule has 0 aliphatic carbocycles. The zero-order valence-electron chi connectivity index (χ0n) is 14.3. The van der Waals surface area contributed by atoms with Crippen molar-refractivity contribution in [3.63, 3.8) is 0 Å². The van der Waals surface area contributed by atoms with Gasteiger partial charge in [0.25, 0.3) is 17.7 Å². The Balaban J connectivity index is 2.32. The lowest BCUT2D eigenvalue weighted by Gasteiger charge is -2.28. The predicted octanol–water partition coefficient (Wildman–Crippen LogP) is 2.95. The molecule has 2 rings (SSSR count). The molecule has 1 atom stereocenters. The Morgan fingerprint density at radius 2 is 1.83 bits per heavy atom. The van der Waals surface area contributed by atoms with Gasteiger partial charge < -0.3 is 4.90 Å². The van der Waals surface area contributed by atoms with Crippen molar-refractivity contribution in [1.29, 1.82) is 0 Å². The minimum atomic E-state index is -0.344. The number of rotatable bonds is 6. The second-order valence-corrected chi connectivity index (χ2v) is 6.04. The van der Waals surface area contributed by atoms with Crippen LogP contribution >= 0.6 is 0 Å². The van der Waals surface area contributed by atoms with Crippen LogP contribution in [-0.4, -0.2) is 47.2 Å². The predicted molar refractivity (Wildman–Crippen MR) is 88.6 cm³/mol. The van der Waals surface area contributed by atoms with Crippen molar-refractivity contribution in [3.8, 4) is 0 Å². The summed E-state index contributed by atoms with van der Waals surface area (Å²) in [5, 5.41) is 0. The summed E-state index contributed by atoms with van der Waals surface area (Å²) in [7, 11) is 1.46. The van der Waals surface area contributed by atoms with Crippen LogP contribution in [0.2, 0.25) is 0 Å². The molecule has 0 spiro atoms. The van der Waals surface area contributed by atoms with Crippen LogP contribution in [0.5, 0.6) is 0 Å². The average Bonchev–Trinajstić information content (AvgIpc) is 2.78. The topological polar surface area (TPSA) is 57.7 Å². The Kier molecular flexibility index (Phi) is 5.19. The monoisotopic (exact) mass is 316 g/mol. The van der Waals surface area contributed by atoms with Crippen molar-refractivity contribution in [3.05, 3.63) is 34.9 Å². The summed E-state index contributed by atoms with van der Waals surface area (Å²) in [6, 6.07) is 4.93. The maximum atomic E-state index is 12.8. The fraction of sp³-hybridized carbons (Fsp3) is 0.500. The molecule has 0 N–H and O–H groups in total. The number of nitrogens with zero attached hydrogens (tertiary/aromatic N) is 2. The Morgan fingerprint density at radius 1 is 1.17 bits per heavy atom. The molecule has 5 heteroatoms. The summed E-state index contributed by atoms with van der Waals surface area (Å²) in [5.41, 5.74) is 1.16. The van der Waals surface area contributed by atoms with E-state index >= 15 is 0 Å². The lowest BCUT2D eigenvalue weighted by Crippen LogP contribution is -2.39. The van der Waals surface area contributed by atoms with E-state index in [1.54, 1.807) is 18.2 Å². The van der Waals surface area contributed by atoms with Gasteiger partial charge >= 0.3 is 0 Å². The lowest BCUT2D eigenvalue weighted by atomic mass is 10.0. The normalized spacial score (nSPS) is 14.9. The van der Waals surface area contributed by atoms with Crippen LogP contribution in [-0.2, 0) is 0 Å². The minimum absolute atomic E-state index is 0.0783. The van der Waals surface area contributed by atoms with Gasteiger partial charge in [-0.1, -0.05) is 20.3 Å². The number of amides is 3. The summed E-state index contributed by atoms with van der Waals surface area (Å²) >= 11 is 0. The number of benzene rings is 1. The molecule has 0 saturated heterocycles. The molecule has 1 aliphatic heterocycles. The van der Waals surface area contributed by atoms with E-state index < -0.39 is 0 Å². The molecule has 124 valence electrons. The molecule has 0 aromatic heterocycles. The van der Waals surface area contributed by atoms with Crippen LogP contribution in [0.3, 0.4) is 0 Å². The van der Waals surface area contributed by atoms with Gasteiger partial charge in [0, 0.05) is 25.2 Å². The average molecular weight is 316 g/mol. The first kappa shape index (κ1) is 17.2. The first-order chi connectivity index (χ1) is 10.9. The highest BCUT2D eigenvalue weighted by atomic mass is 16.2. The quantitative estimate of drug-likeness (QED) is 0.758. The molecule has 1 aromatic carbocycles. The third kappa shape index (κ3) is 3.14. The van der Waals surface area contributed by atoms with Gasteiger partial charge in [0.05, 0.1) is 11.1 Å². The van der Waals surface area contributed by atoms with Crippen molar-refractivity contribution in [2.24, 2.45) is 0 Å². The minimum Gasteiger partial charge on any atom is -0.336 e. The third-order valence-electron chi connectivity index (χ3n) is 4.47. The number of imide groups is 1. The Bertz CT molecular complexity index is 639. The molecule has 0 saturated carbocycles. The number of carbonyl (C=O) groups excluding carboxylic acids is 3. The van der Waals surface area contributed by atoms with Crippen LogP contribution in [0.25, 0.3) is 0 Å². The summed E-state index contributed by atoms with van der Waals surface area (Å²) in [6.07, 6.45) is 2.84. The molecule has 0 bridgehead atoms. The molecule has 0 fully saturated rings. The number of hydrogen-bond donors (Lipinski definition) is 0. The van der Waals surface area contributed by atoms with E-state index in [1.807, 2.05) is 11.8 Å². The first-order valence-corrected chi connectivity index (χ1v) is 8.19. The molecule has 1 heterocycles. The van der Waals surface area contributed by atoms with Gasteiger partial charge in [0.15, 0.2) is 0 Å². The van der Waals surface area contributed by atoms with Crippen molar-refractivity contribution in [2.45, 2.75) is 46.1 Å². The standard InChI is InChI=1S/C18H24N2O3/c1-5-7-10-20(12(3)6-2)16(21)13-8-9-14-15(11-13)18(23)19(4)17(14)22/h8-9,11-12H,5-7,10H2,1-4H3. The van der Waals surface area contributed by atoms with Gasteiger partial charge in [-0.2, -0.15) is 0 Å². The van der Waals surface area contributed by atoms with Gasteiger partial charge in [-0.25, -0.2) is 0 Å². The SMILES string of the molecule is CCCCN(C(=O)c1ccc2c(c1)C(=O)N(C)C2=O)C(C)CC. The smallest absolute Gasteiger partial charge is 0.261 e. The highest BCUT2D eigenvalue weighted by molar-refractivity contribution is 6.21. The molecule has 3 amide bonds. The highest BCUT2D eigenvalue weighted by Gasteiger charge is 2.33. The number of hydrogen-bond acceptors (Lipinski definition) is 3. The van der Waals surface area contributed by atoms with E-state index in [2.05, 4.69) is 13.8 Å². The van der Waals surface area contributed by atoms with E-state index in [4.69, 9.17) is 0 Å². The van der Waals surface area contributed by atoms with E-state index in [-0.39, 0.29) is 23.8 Å². The van der Waals surface area contributed by atoms with E-state index in [0.29, 0.717) is 23.2 Å². The summed E-state index contributed by atoms with van der Waals surface area (Å²) in [4.78, 5) is 39.8. The van der Waals surface area contributed by atoms with Crippen LogP contribution in [0.15, 0.2) is 18.2 Å². The fourth-order valence-electron chi connectivity index (χ4n) is 2.73. The van der Waals surface area contributed by atoms with Crippen molar-refractivity contribution < 1.29 is 14.4 Å². The maximum absolute atomic E-state index is 12.8. The Hall–Kier alpha value is -2.17. The number of fused-ring (bicyclic) bond motifs is 1. The van der Waals surface area contributed by atoms with E-state index in [0.717, 1.165) is 24.2 Å². The van der Waals surface area contributed by atoms with Gasteiger partial charge in [-0.15, -0.1) is 0 Å². The molecule has 5 nitrogen and oxygen atoms in total. The summed E-state index contributed by atoms with van der Waals surface area (Å²) in [6.45, 7) is 6.88. The van der Waals surface area contributed by atoms with Crippen molar-refractivity contribution in [2.75, 3.05) is 13.6 Å². The zero-order valence-corrected chi connectivity index (χ0v) is 14.3. The molecule has 1 aliphatic rings. The van der Waals surface area contributed by atoms with Gasteiger partial charge in [-0.05, 0) is 38.0 Å². The molecular weight excluding hydrogens is 292 g/mol. The maximum Gasteiger partial charge on any atom is 0.261 e. The first-order valence-electron chi connectivity index (χ1n) is 8.19. The van der Waals surface area contributed by atoms with Crippen molar-refractivity contribution in [1.82, 2.24) is 9.80 Å². The molecule has 1 aromatic rings. The molecule has 23 heavy (non-hydrogen) atoms. The molecular formula is C18H24N2O3. The van der Waals surface area contributed by atoms with Gasteiger partial charge in [0.2, 0.25) is 0 Å². The van der Waals surface area contributed by atoms with Crippen LogP contribution in [0.4, 0.5) is 0 Å². The largest absolute Gasteiger partial charge is 0.336 e. The summed E-state index contributed by atoms with van der Waals surface area (Å²) < 4.78 is 0. The van der Waals surface area contributed by atoms with E-state index in [9.17, 15) is 14.4 Å². The zero-order chi connectivity index (χ0) is 17.1. The number of carbonyl (C=O) groups is 3. The Morgan fingerprint density at radius 3 is 2.43 bits per heavy atom. The number of unbranched alkanes of at least 4 members (excludes halogenated alkanes) is 1. The second-order valence-electron chi connectivity index (χ2n) is 6.04. The second kappa shape index (κ2) is 6.94. The lowest BCUT2D eigenvalue weighted by molar-refractivity contribution is 0.0680. The third-order valence-corrected chi connectivity index (χ3v) is 4.47. The van der Waals surface area contributed by atoms with Crippen LogP contribution < -0.4 is 0 Å². The van der Waals surface area contributed by atoms with Crippen LogP contribution in [0, 0.1) is 0 Å². The summed E-state index contributed by atoms with van der Waals surface area (Å²) in [5.74, 6) is -0.734. The van der Waals surface area contributed by atoms with Gasteiger partial charge in [0.1, 0.15) is 0 Å². The van der Waals surface area contributed by atoms with Crippen molar-refractivity contribution >= 4 is 17.7 Å². The van der Waals surface area contributed by atoms with Crippen LogP contribution in [0.1, 0.15) is 71.1 Å². The van der Waals surface area contributed by atoms with Gasteiger partial charge in [-0.3, -0.25) is 19.3 Å².